The molecule has 154 valence electrons. The van der Waals surface area contributed by atoms with Crippen LogP contribution in [0.2, 0.25) is 0 Å². The average Bonchev–Trinajstić information content (AvgIpc) is 3.04. The molecule has 0 radical (unpaired) electrons. The van der Waals surface area contributed by atoms with E-state index in [4.69, 9.17) is 4.74 Å². The highest BCUT2D eigenvalue weighted by molar-refractivity contribution is 6.07. The van der Waals surface area contributed by atoms with Crippen LogP contribution in [-0.2, 0) is 4.79 Å². The lowest BCUT2D eigenvalue weighted by molar-refractivity contribution is -0.133. The Kier molecular flexibility index (Phi) is 5.98. The van der Waals surface area contributed by atoms with Crippen LogP contribution in [0.1, 0.15) is 22.3 Å². The molecule has 5 heteroatoms. The van der Waals surface area contributed by atoms with Crippen LogP contribution in [0.5, 0.6) is 5.75 Å². The first-order valence-corrected chi connectivity index (χ1v) is 10.4. The summed E-state index contributed by atoms with van der Waals surface area (Å²) in [6.45, 7) is 4.35. The number of hydrogen-bond acceptors (Lipinski definition) is 3. The maximum Gasteiger partial charge on any atom is 0.260 e. The highest BCUT2D eigenvalue weighted by Gasteiger charge is 2.24. The Morgan fingerprint density at radius 3 is 2.37 bits per heavy atom. The minimum Gasteiger partial charge on any atom is -0.484 e. The predicted octanol–water partition coefficient (Wildman–Crippen LogP) is 3.90. The predicted molar refractivity (Wildman–Crippen MR) is 118 cm³/mol. The number of benzene rings is 3. The van der Waals surface area contributed by atoms with E-state index in [0.717, 1.165) is 28.3 Å². The van der Waals surface area contributed by atoms with Crippen molar-refractivity contribution in [1.29, 1.82) is 0 Å². The monoisotopic (exact) mass is 402 g/mol. The van der Waals surface area contributed by atoms with E-state index in [2.05, 4.69) is 0 Å². The van der Waals surface area contributed by atoms with Gasteiger partial charge < -0.3 is 14.5 Å². The smallest absolute Gasteiger partial charge is 0.260 e. The topological polar surface area (TPSA) is 49.9 Å². The third kappa shape index (κ3) is 4.46. The lowest BCUT2D eigenvalue weighted by Crippen LogP contribution is -2.39. The first kappa shape index (κ1) is 20.0. The van der Waals surface area contributed by atoms with Gasteiger partial charge in [-0.1, -0.05) is 54.1 Å². The SMILES string of the molecule is Cc1ccc(OCC(=O)N2CCCN(C(=O)c3cccc4ccccc34)CC2)cc1. The number of ether oxygens (including phenoxy) is 1. The van der Waals surface area contributed by atoms with Crippen molar-refractivity contribution >= 4 is 22.6 Å². The summed E-state index contributed by atoms with van der Waals surface area (Å²) < 4.78 is 5.64. The summed E-state index contributed by atoms with van der Waals surface area (Å²) in [7, 11) is 0. The Morgan fingerprint density at radius 2 is 1.53 bits per heavy atom. The minimum atomic E-state index is -0.0463. The van der Waals surface area contributed by atoms with Gasteiger partial charge in [-0.25, -0.2) is 0 Å². The second kappa shape index (κ2) is 8.99. The number of fused-ring (bicyclic) bond motifs is 1. The van der Waals surface area contributed by atoms with E-state index in [9.17, 15) is 9.59 Å². The lowest BCUT2D eigenvalue weighted by Gasteiger charge is -2.23. The van der Waals surface area contributed by atoms with Crippen LogP contribution in [0.25, 0.3) is 10.8 Å². The van der Waals surface area contributed by atoms with Crippen molar-refractivity contribution in [3.63, 3.8) is 0 Å². The number of carbonyl (C=O) groups excluding carboxylic acids is 2. The van der Waals surface area contributed by atoms with Gasteiger partial charge in [0.05, 0.1) is 0 Å². The fraction of sp³-hybridized carbons (Fsp3) is 0.280. The van der Waals surface area contributed by atoms with Crippen molar-refractivity contribution in [2.45, 2.75) is 13.3 Å². The molecule has 1 saturated heterocycles. The maximum absolute atomic E-state index is 13.2. The van der Waals surface area contributed by atoms with Crippen LogP contribution in [0, 0.1) is 6.92 Å². The molecule has 0 aromatic heterocycles. The highest BCUT2D eigenvalue weighted by atomic mass is 16.5. The number of aryl methyl sites for hydroxylation is 1. The molecular formula is C25H26N2O3. The summed E-state index contributed by atoms with van der Waals surface area (Å²) in [6.07, 6.45) is 0.757. The molecule has 4 rings (SSSR count). The number of amides is 2. The molecule has 30 heavy (non-hydrogen) atoms. The molecule has 1 fully saturated rings. The minimum absolute atomic E-state index is 0.0142. The standard InChI is InChI=1S/C25H26N2O3/c1-19-10-12-21(13-11-19)30-18-24(28)26-14-5-15-27(17-16-26)25(29)23-9-4-7-20-6-2-3-8-22(20)23/h2-4,6-13H,5,14-18H2,1H3. The van der Waals surface area contributed by atoms with Gasteiger partial charge in [-0.3, -0.25) is 9.59 Å². The van der Waals surface area contributed by atoms with Gasteiger partial charge in [0.2, 0.25) is 0 Å². The summed E-state index contributed by atoms with van der Waals surface area (Å²) >= 11 is 0. The average molecular weight is 402 g/mol. The molecule has 5 nitrogen and oxygen atoms in total. The summed E-state index contributed by atoms with van der Waals surface area (Å²) in [6, 6.07) is 21.4. The largest absolute Gasteiger partial charge is 0.484 e. The first-order chi connectivity index (χ1) is 14.6. The highest BCUT2D eigenvalue weighted by Crippen LogP contribution is 2.21. The Bertz CT molecular complexity index is 1040. The molecule has 3 aromatic carbocycles. The van der Waals surface area contributed by atoms with Crippen LogP contribution in [0.3, 0.4) is 0 Å². The van der Waals surface area contributed by atoms with Crippen molar-refractivity contribution in [3.8, 4) is 5.75 Å². The zero-order valence-electron chi connectivity index (χ0n) is 17.2. The van der Waals surface area contributed by atoms with Crippen molar-refractivity contribution in [2.24, 2.45) is 0 Å². The Balaban J connectivity index is 1.38. The van der Waals surface area contributed by atoms with Gasteiger partial charge in [0.15, 0.2) is 6.61 Å². The Hall–Kier alpha value is -3.34. The van der Waals surface area contributed by atoms with E-state index in [1.807, 2.05) is 78.6 Å². The molecule has 0 N–H and O–H groups in total. The van der Waals surface area contributed by atoms with Crippen LogP contribution < -0.4 is 4.74 Å². The van der Waals surface area contributed by atoms with Gasteiger partial charge in [0.1, 0.15) is 5.75 Å². The molecule has 0 bridgehead atoms. The van der Waals surface area contributed by atoms with Gasteiger partial charge >= 0.3 is 0 Å². The molecule has 0 aliphatic carbocycles. The summed E-state index contributed by atoms with van der Waals surface area (Å²) in [4.78, 5) is 29.4. The zero-order valence-corrected chi connectivity index (χ0v) is 17.2. The molecule has 1 heterocycles. The van der Waals surface area contributed by atoms with Crippen molar-refractivity contribution in [1.82, 2.24) is 9.80 Å². The summed E-state index contributed by atoms with van der Waals surface area (Å²) in [5.74, 6) is 0.670. The molecule has 0 saturated carbocycles. The fourth-order valence-corrected chi connectivity index (χ4v) is 3.82. The van der Waals surface area contributed by atoms with Gasteiger partial charge in [-0.2, -0.15) is 0 Å². The van der Waals surface area contributed by atoms with E-state index < -0.39 is 0 Å². The Labute approximate surface area is 176 Å². The third-order valence-corrected chi connectivity index (χ3v) is 5.54. The second-order valence-corrected chi connectivity index (χ2v) is 7.65. The molecule has 3 aromatic rings. The lowest BCUT2D eigenvalue weighted by atomic mass is 10.0. The molecule has 1 aliphatic heterocycles. The molecule has 0 unspecified atom stereocenters. The first-order valence-electron chi connectivity index (χ1n) is 10.4. The Morgan fingerprint density at radius 1 is 0.833 bits per heavy atom. The van der Waals surface area contributed by atoms with Crippen LogP contribution in [0.4, 0.5) is 0 Å². The van der Waals surface area contributed by atoms with Crippen LogP contribution >= 0.6 is 0 Å². The number of carbonyl (C=O) groups is 2. The summed E-state index contributed by atoms with van der Waals surface area (Å²) in [5, 5.41) is 2.02. The molecule has 2 amide bonds. The fourth-order valence-electron chi connectivity index (χ4n) is 3.82. The second-order valence-electron chi connectivity index (χ2n) is 7.65. The van der Waals surface area contributed by atoms with Gasteiger partial charge in [0, 0.05) is 31.7 Å². The van der Waals surface area contributed by atoms with Crippen LogP contribution in [-0.4, -0.2) is 54.4 Å². The zero-order chi connectivity index (χ0) is 20.9. The summed E-state index contributed by atoms with van der Waals surface area (Å²) in [5.41, 5.74) is 1.87. The number of rotatable bonds is 4. The van der Waals surface area contributed by atoms with E-state index in [1.165, 1.54) is 0 Å². The van der Waals surface area contributed by atoms with E-state index in [0.29, 0.717) is 31.9 Å². The molecular weight excluding hydrogens is 376 g/mol. The van der Waals surface area contributed by atoms with Gasteiger partial charge in [-0.15, -0.1) is 0 Å². The van der Waals surface area contributed by atoms with Crippen molar-refractivity contribution in [3.05, 3.63) is 77.9 Å². The van der Waals surface area contributed by atoms with E-state index >= 15 is 0 Å². The quantitative estimate of drug-likeness (QED) is 0.665. The molecule has 1 aliphatic rings. The molecule has 0 spiro atoms. The number of hydrogen-bond donors (Lipinski definition) is 0. The van der Waals surface area contributed by atoms with Crippen LogP contribution in [0.15, 0.2) is 66.7 Å². The van der Waals surface area contributed by atoms with Gasteiger partial charge in [-0.05, 0) is 42.3 Å². The number of nitrogens with zero attached hydrogens (tertiary/aromatic N) is 2. The maximum atomic E-state index is 13.2. The van der Waals surface area contributed by atoms with E-state index in [1.54, 1.807) is 4.90 Å². The normalized spacial score (nSPS) is 14.4. The third-order valence-electron chi connectivity index (χ3n) is 5.54. The van der Waals surface area contributed by atoms with Crippen molar-refractivity contribution < 1.29 is 14.3 Å². The van der Waals surface area contributed by atoms with Gasteiger partial charge in [0.25, 0.3) is 11.8 Å². The molecule has 0 atom stereocenters. The van der Waals surface area contributed by atoms with E-state index in [-0.39, 0.29) is 18.4 Å². The van der Waals surface area contributed by atoms with Crippen molar-refractivity contribution in [2.75, 3.05) is 32.8 Å².